The minimum Gasteiger partial charge on any atom is -0.346 e. The van der Waals surface area contributed by atoms with Gasteiger partial charge in [0.25, 0.3) is 0 Å². The number of nitrogens with zero attached hydrogens (tertiary/aromatic N) is 2. The Morgan fingerprint density at radius 2 is 2.00 bits per heavy atom. The van der Waals surface area contributed by atoms with Crippen LogP contribution in [0.15, 0.2) is 17.2 Å². The standard InChI is InChI=1S/C15H29N3O2S/c1-6-8-9-17(7-2)21(19,20)15-10-14(11-16-5)18(12-15)13(3)4/h10,12-13,16H,6-9,11H2,1-5H3. The van der Waals surface area contributed by atoms with Crippen LogP contribution >= 0.6 is 0 Å². The lowest BCUT2D eigenvalue weighted by atomic mass is 10.3. The zero-order valence-corrected chi connectivity index (χ0v) is 14.7. The monoisotopic (exact) mass is 315 g/mol. The topological polar surface area (TPSA) is 54.3 Å². The molecule has 0 bridgehead atoms. The molecule has 0 amide bonds. The summed E-state index contributed by atoms with van der Waals surface area (Å²) in [4.78, 5) is 0.402. The van der Waals surface area contributed by atoms with Gasteiger partial charge in [0.15, 0.2) is 0 Å². The molecule has 0 aromatic carbocycles. The first-order valence-corrected chi connectivity index (χ1v) is 9.17. The Morgan fingerprint density at radius 3 is 2.48 bits per heavy atom. The third-order valence-corrected chi connectivity index (χ3v) is 5.51. The first kappa shape index (κ1) is 18.2. The highest BCUT2D eigenvalue weighted by molar-refractivity contribution is 7.89. The second kappa shape index (κ2) is 7.96. The van der Waals surface area contributed by atoms with Crippen molar-refractivity contribution < 1.29 is 8.42 Å². The van der Waals surface area contributed by atoms with Crippen LogP contribution in [-0.2, 0) is 16.6 Å². The fraction of sp³-hybridized carbons (Fsp3) is 0.733. The van der Waals surface area contributed by atoms with Gasteiger partial charge in [0.2, 0.25) is 10.0 Å². The van der Waals surface area contributed by atoms with E-state index in [-0.39, 0.29) is 6.04 Å². The molecule has 0 atom stereocenters. The first-order valence-electron chi connectivity index (χ1n) is 7.73. The van der Waals surface area contributed by atoms with Crippen molar-refractivity contribution in [2.24, 2.45) is 0 Å². The van der Waals surface area contributed by atoms with E-state index in [4.69, 9.17) is 0 Å². The summed E-state index contributed by atoms with van der Waals surface area (Å²) in [7, 11) is -1.53. The van der Waals surface area contributed by atoms with Crippen molar-refractivity contribution in [1.82, 2.24) is 14.2 Å². The Bertz CT molecular complexity index is 535. The second-order valence-corrected chi connectivity index (χ2v) is 7.49. The highest BCUT2D eigenvalue weighted by Crippen LogP contribution is 2.22. The summed E-state index contributed by atoms with van der Waals surface area (Å²) in [5, 5.41) is 3.09. The maximum Gasteiger partial charge on any atom is 0.244 e. The number of aromatic nitrogens is 1. The van der Waals surface area contributed by atoms with Crippen molar-refractivity contribution in [2.45, 2.75) is 58.0 Å². The fourth-order valence-electron chi connectivity index (χ4n) is 2.37. The highest BCUT2D eigenvalue weighted by atomic mass is 32.2. The molecule has 1 aromatic heterocycles. The van der Waals surface area contributed by atoms with Crippen LogP contribution in [0.5, 0.6) is 0 Å². The Labute approximate surface area is 129 Å². The number of sulfonamides is 1. The molecule has 0 aliphatic heterocycles. The summed E-state index contributed by atoms with van der Waals surface area (Å²) in [6, 6.07) is 2.03. The predicted molar refractivity (Wildman–Crippen MR) is 86.9 cm³/mol. The van der Waals surface area contributed by atoms with Gasteiger partial charge < -0.3 is 9.88 Å². The smallest absolute Gasteiger partial charge is 0.244 e. The minimum atomic E-state index is -3.39. The molecular weight excluding hydrogens is 286 g/mol. The molecule has 5 nitrogen and oxygen atoms in total. The molecule has 0 saturated heterocycles. The average molecular weight is 315 g/mol. The number of unbranched alkanes of at least 4 members (excludes halogenated alkanes) is 1. The van der Waals surface area contributed by atoms with Gasteiger partial charge in [-0.15, -0.1) is 0 Å². The van der Waals surface area contributed by atoms with E-state index in [1.807, 2.05) is 18.5 Å². The molecular formula is C15H29N3O2S. The molecule has 122 valence electrons. The van der Waals surface area contributed by atoms with Crippen LogP contribution in [0.25, 0.3) is 0 Å². The Morgan fingerprint density at radius 1 is 1.33 bits per heavy atom. The van der Waals surface area contributed by atoms with E-state index in [1.165, 1.54) is 0 Å². The van der Waals surface area contributed by atoms with E-state index >= 15 is 0 Å². The van der Waals surface area contributed by atoms with E-state index < -0.39 is 10.0 Å². The van der Waals surface area contributed by atoms with Crippen LogP contribution in [0.2, 0.25) is 0 Å². The molecule has 0 saturated carbocycles. The SMILES string of the molecule is CCCCN(CC)S(=O)(=O)c1cc(CNC)n(C(C)C)c1. The van der Waals surface area contributed by atoms with Crippen molar-refractivity contribution in [3.63, 3.8) is 0 Å². The Kier molecular flexibility index (Phi) is 6.90. The van der Waals surface area contributed by atoms with E-state index in [2.05, 4.69) is 26.1 Å². The van der Waals surface area contributed by atoms with Crippen LogP contribution in [-0.4, -0.2) is 37.4 Å². The molecule has 0 aliphatic rings. The normalized spacial score (nSPS) is 12.5. The lowest BCUT2D eigenvalue weighted by Crippen LogP contribution is -2.31. The molecule has 0 aliphatic carbocycles. The number of nitrogens with one attached hydrogen (secondary N) is 1. The van der Waals surface area contributed by atoms with Gasteiger partial charge in [-0.25, -0.2) is 8.42 Å². The third-order valence-electron chi connectivity index (χ3n) is 3.57. The maximum absolute atomic E-state index is 12.8. The van der Waals surface area contributed by atoms with E-state index in [9.17, 15) is 8.42 Å². The maximum atomic E-state index is 12.8. The molecule has 0 fully saturated rings. The van der Waals surface area contributed by atoms with Crippen LogP contribution in [0.3, 0.4) is 0 Å². The first-order chi connectivity index (χ1) is 9.88. The third kappa shape index (κ3) is 4.31. The van der Waals surface area contributed by atoms with Gasteiger partial charge in [0, 0.05) is 37.6 Å². The van der Waals surface area contributed by atoms with Crippen molar-refractivity contribution in [1.29, 1.82) is 0 Å². The van der Waals surface area contributed by atoms with E-state index in [1.54, 1.807) is 16.6 Å². The quantitative estimate of drug-likeness (QED) is 0.762. The zero-order chi connectivity index (χ0) is 16.0. The molecule has 6 heteroatoms. The van der Waals surface area contributed by atoms with Gasteiger partial charge in [-0.2, -0.15) is 4.31 Å². The van der Waals surface area contributed by atoms with E-state index in [0.29, 0.717) is 24.5 Å². The van der Waals surface area contributed by atoms with Gasteiger partial charge >= 0.3 is 0 Å². The number of hydrogen-bond acceptors (Lipinski definition) is 3. The number of rotatable bonds is 9. The molecule has 0 radical (unpaired) electrons. The molecule has 0 unspecified atom stereocenters. The van der Waals surface area contributed by atoms with Gasteiger partial charge in [0.05, 0.1) is 0 Å². The van der Waals surface area contributed by atoms with Crippen LogP contribution in [0.1, 0.15) is 52.3 Å². The van der Waals surface area contributed by atoms with E-state index in [0.717, 1.165) is 18.5 Å². The zero-order valence-electron chi connectivity index (χ0n) is 13.9. The lowest BCUT2D eigenvalue weighted by Gasteiger charge is -2.19. The Hall–Kier alpha value is -0.850. The average Bonchev–Trinajstić information content (AvgIpc) is 2.85. The molecule has 1 heterocycles. The van der Waals surface area contributed by atoms with Crippen LogP contribution in [0.4, 0.5) is 0 Å². The molecule has 1 rings (SSSR count). The molecule has 21 heavy (non-hydrogen) atoms. The minimum absolute atomic E-state index is 0.239. The van der Waals surface area contributed by atoms with Crippen molar-refractivity contribution in [3.8, 4) is 0 Å². The van der Waals surface area contributed by atoms with Gasteiger partial charge in [-0.3, -0.25) is 0 Å². The predicted octanol–water partition coefficient (Wildman–Crippen LogP) is 2.60. The fourth-order valence-corrected chi connectivity index (χ4v) is 3.91. The summed E-state index contributed by atoms with van der Waals surface area (Å²) in [6.07, 6.45) is 3.65. The molecule has 0 spiro atoms. The Balaban J connectivity index is 3.15. The van der Waals surface area contributed by atoms with Gasteiger partial charge in [0.1, 0.15) is 4.90 Å². The van der Waals surface area contributed by atoms with Crippen LogP contribution < -0.4 is 5.32 Å². The van der Waals surface area contributed by atoms with Gasteiger partial charge in [-0.05, 0) is 33.4 Å². The summed E-state index contributed by atoms with van der Waals surface area (Å²) in [6.45, 7) is 9.84. The lowest BCUT2D eigenvalue weighted by molar-refractivity contribution is 0.418. The summed E-state index contributed by atoms with van der Waals surface area (Å²) < 4.78 is 29.1. The molecule has 1 aromatic rings. The second-order valence-electron chi connectivity index (χ2n) is 5.55. The van der Waals surface area contributed by atoms with Crippen molar-refractivity contribution in [2.75, 3.05) is 20.1 Å². The van der Waals surface area contributed by atoms with Crippen molar-refractivity contribution >= 4 is 10.0 Å². The highest BCUT2D eigenvalue weighted by Gasteiger charge is 2.25. The van der Waals surface area contributed by atoms with Crippen molar-refractivity contribution in [3.05, 3.63) is 18.0 Å². The summed E-state index contributed by atoms with van der Waals surface area (Å²) >= 11 is 0. The van der Waals surface area contributed by atoms with Gasteiger partial charge in [-0.1, -0.05) is 20.3 Å². The number of hydrogen-bond donors (Lipinski definition) is 1. The summed E-state index contributed by atoms with van der Waals surface area (Å²) in [5.41, 5.74) is 0.998. The molecule has 1 N–H and O–H groups in total. The van der Waals surface area contributed by atoms with Crippen LogP contribution in [0, 0.1) is 0 Å². The summed E-state index contributed by atoms with van der Waals surface area (Å²) in [5.74, 6) is 0. The largest absolute Gasteiger partial charge is 0.346 e.